The van der Waals surface area contributed by atoms with Crippen molar-refractivity contribution in [2.24, 2.45) is 5.73 Å². The number of carbonyl (C=O) groups is 1. The van der Waals surface area contributed by atoms with Gasteiger partial charge in [0.2, 0.25) is 0 Å². The number of rotatable bonds is 3. The summed E-state index contributed by atoms with van der Waals surface area (Å²) in [5.74, 6) is 0.331. The van der Waals surface area contributed by atoms with Crippen molar-refractivity contribution in [3.8, 4) is 11.5 Å². The van der Waals surface area contributed by atoms with Gasteiger partial charge in [0.15, 0.2) is 5.75 Å². The zero-order valence-electron chi connectivity index (χ0n) is 8.20. The second-order valence-electron chi connectivity index (χ2n) is 2.92. The molecule has 0 saturated heterocycles. The van der Waals surface area contributed by atoms with Crippen LogP contribution < -0.4 is 10.5 Å². The summed E-state index contributed by atoms with van der Waals surface area (Å²) < 4.78 is 5.40. The van der Waals surface area contributed by atoms with Crippen LogP contribution >= 0.6 is 0 Å². The molecule has 2 aromatic rings. The summed E-state index contributed by atoms with van der Waals surface area (Å²) in [4.78, 5) is 22.3. The van der Waals surface area contributed by atoms with E-state index in [-0.39, 0.29) is 7.12 Å². The van der Waals surface area contributed by atoms with Crippen molar-refractivity contribution in [3.63, 3.8) is 0 Å². The smallest absolute Gasteiger partial charge is 0.267 e. The van der Waals surface area contributed by atoms with Gasteiger partial charge < -0.3 is 10.5 Å². The molecule has 2 aromatic heterocycles. The number of hydrogen-bond donors (Lipinski definition) is 1. The monoisotopic (exact) mass is 218 g/mol. The highest BCUT2D eigenvalue weighted by molar-refractivity contribution is 5.91. The van der Waals surface area contributed by atoms with Crippen molar-refractivity contribution in [2.45, 2.75) is 0 Å². The number of ether oxygens (including phenoxy) is 1. The first kappa shape index (κ1) is 10.0. The van der Waals surface area contributed by atoms with E-state index in [2.05, 4.69) is 15.0 Å². The van der Waals surface area contributed by atoms with E-state index in [0.717, 1.165) is 0 Å². The lowest BCUT2D eigenvalue weighted by molar-refractivity contribution is 0.0995. The van der Waals surface area contributed by atoms with E-state index in [0.29, 0.717) is 11.5 Å². The summed E-state index contributed by atoms with van der Waals surface area (Å²) in [5, 5.41) is 0. The number of primary amides is 1. The predicted molar refractivity (Wildman–Crippen MR) is 57.0 cm³/mol. The second-order valence-corrected chi connectivity index (χ2v) is 2.92. The van der Waals surface area contributed by atoms with Gasteiger partial charge in [-0.1, -0.05) is 0 Å². The molecule has 6 nitrogen and oxygen atoms in total. The second kappa shape index (κ2) is 4.35. The van der Waals surface area contributed by atoms with Crippen molar-refractivity contribution in [1.29, 1.82) is 0 Å². The number of aromatic nitrogens is 3. The fraction of sp³-hybridized carbons (Fsp3) is 0. The number of pyridine rings is 1. The van der Waals surface area contributed by atoms with Crippen LogP contribution in [0.15, 0.2) is 37.1 Å². The highest BCUT2D eigenvalue weighted by atomic mass is 16.5. The van der Waals surface area contributed by atoms with E-state index in [1.807, 2.05) is 0 Å². The number of carbonyl (C=O) groups excluding carboxylic acids is 1. The van der Waals surface area contributed by atoms with E-state index in [4.69, 9.17) is 10.5 Å². The van der Waals surface area contributed by atoms with Gasteiger partial charge in [0.1, 0.15) is 17.8 Å². The normalized spacial score (nSPS) is 9.75. The molecule has 0 atom stereocenters. The first-order valence-electron chi connectivity index (χ1n) is 4.44. The molecule has 2 heterocycles. The lowest BCUT2D eigenvalue weighted by Crippen LogP contribution is -2.12. The van der Waals surface area contributed by atoms with Crippen LogP contribution in [-0.2, 0) is 0 Å². The maximum atomic E-state index is 10.9. The maximum Gasteiger partial charge on any atom is 0.267 e. The van der Waals surface area contributed by atoms with Crippen LogP contribution in [0, 0.1) is 0 Å². The first-order chi connectivity index (χ1) is 7.75. The van der Waals surface area contributed by atoms with Gasteiger partial charge >= 0.3 is 0 Å². The summed E-state index contributed by atoms with van der Waals surface area (Å²) in [6.45, 7) is 0. The number of nitrogens with two attached hydrogens (primary N) is 1. The van der Waals surface area contributed by atoms with Crippen molar-refractivity contribution in [1.82, 2.24) is 15.0 Å². The average molecular weight is 218 g/mol. The molecule has 0 aliphatic heterocycles. The topological polar surface area (TPSA) is 91.0 Å². The van der Waals surface area contributed by atoms with Gasteiger partial charge in [0, 0.05) is 13.7 Å². The Balaban J connectivity index is 0.00000144. The van der Waals surface area contributed by atoms with Crippen molar-refractivity contribution >= 4 is 5.91 Å². The molecular formula is C10H10N4O2. The standard InChI is InChI=1S/C10H8N4O2.H2/c11-10(15)9-3-7(1-2-14-9)16-8-4-12-6-13-5-8;/h1-6H,(H2,11,15);1H. The van der Waals surface area contributed by atoms with Crippen molar-refractivity contribution in [3.05, 3.63) is 42.7 Å². The van der Waals surface area contributed by atoms with Crippen LogP contribution in [0.3, 0.4) is 0 Å². The van der Waals surface area contributed by atoms with E-state index in [9.17, 15) is 4.79 Å². The number of amides is 1. The van der Waals surface area contributed by atoms with Gasteiger partial charge in [0.25, 0.3) is 5.91 Å². The van der Waals surface area contributed by atoms with Crippen LogP contribution in [0.25, 0.3) is 0 Å². The molecule has 0 fully saturated rings. The maximum absolute atomic E-state index is 10.9. The summed E-state index contributed by atoms with van der Waals surface area (Å²) >= 11 is 0. The van der Waals surface area contributed by atoms with E-state index >= 15 is 0 Å². The van der Waals surface area contributed by atoms with Crippen LogP contribution in [0.4, 0.5) is 0 Å². The highest BCUT2D eigenvalue weighted by Gasteiger charge is 2.04. The molecule has 2 rings (SSSR count). The molecule has 0 bridgehead atoms. The molecule has 6 heteroatoms. The minimum atomic E-state index is -0.602. The number of nitrogens with zero attached hydrogens (tertiary/aromatic N) is 3. The molecule has 0 saturated carbocycles. The molecule has 2 N–H and O–H groups in total. The summed E-state index contributed by atoms with van der Waals surface area (Å²) in [7, 11) is 0. The van der Waals surface area contributed by atoms with Gasteiger partial charge in [-0.3, -0.25) is 9.78 Å². The zero-order chi connectivity index (χ0) is 11.4. The molecule has 16 heavy (non-hydrogen) atoms. The molecule has 0 spiro atoms. The Hall–Kier alpha value is -2.50. The Labute approximate surface area is 92.6 Å². The molecule has 0 aliphatic carbocycles. The molecule has 0 aromatic carbocycles. The number of hydrogen-bond acceptors (Lipinski definition) is 5. The predicted octanol–water partition coefficient (Wildman–Crippen LogP) is 1.01. The Morgan fingerprint density at radius 3 is 2.75 bits per heavy atom. The Bertz CT molecular complexity index is 507. The minimum Gasteiger partial charge on any atom is -0.454 e. The van der Waals surface area contributed by atoms with Gasteiger partial charge in [-0.25, -0.2) is 9.97 Å². The summed E-state index contributed by atoms with van der Waals surface area (Å²) in [6.07, 6.45) is 5.86. The summed E-state index contributed by atoms with van der Waals surface area (Å²) in [5.41, 5.74) is 5.24. The molecule has 1 amide bonds. The third-order valence-electron chi connectivity index (χ3n) is 1.76. The molecule has 82 valence electrons. The van der Waals surface area contributed by atoms with Crippen LogP contribution in [-0.4, -0.2) is 20.9 Å². The fourth-order valence-electron chi connectivity index (χ4n) is 1.08. The van der Waals surface area contributed by atoms with Gasteiger partial charge in [-0.15, -0.1) is 0 Å². The van der Waals surface area contributed by atoms with Crippen molar-refractivity contribution in [2.75, 3.05) is 0 Å². The SMILES string of the molecule is NC(=O)c1cc(Oc2cncnc2)ccn1.[HH]. The van der Waals surface area contributed by atoms with Crippen LogP contribution in [0.1, 0.15) is 11.9 Å². The Morgan fingerprint density at radius 1 is 1.31 bits per heavy atom. The highest BCUT2D eigenvalue weighted by Crippen LogP contribution is 2.19. The van der Waals surface area contributed by atoms with Crippen molar-refractivity contribution < 1.29 is 11.0 Å². The first-order valence-corrected chi connectivity index (χ1v) is 4.44. The molecular weight excluding hydrogens is 208 g/mol. The summed E-state index contributed by atoms with van der Waals surface area (Å²) in [6, 6.07) is 3.06. The average Bonchev–Trinajstić information content (AvgIpc) is 2.30. The van der Waals surface area contributed by atoms with Crippen LogP contribution in [0.5, 0.6) is 11.5 Å². The van der Waals surface area contributed by atoms with Gasteiger partial charge in [-0.05, 0) is 6.07 Å². The lowest BCUT2D eigenvalue weighted by Gasteiger charge is -2.04. The van der Waals surface area contributed by atoms with Gasteiger partial charge in [0.05, 0.1) is 12.4 Å². The largest absolute Gasteiger partial charge is 0.454 e. The lowest BCUT2D eigenvalue weighted by atomic mass is 10.3. The van der Waals surface area contributed by atoms with E-state index < -0.39 is 5.91 Å². The fourth-order valence-corrected chi connectivity index (χ4v) is 1.08. The quantitative estimate of drug-likeness (QED) is 0.830. The Morgan fingerprint density at radius 2 is 2.06 bits per heavy atom. The van der Waals surface area contributed by atoms with Crippen LogP contribution in [0.2, 0.25) is 0 Å². The third kappa shape index (κ3) is 2.30. The minimum absolute atomic E-state index is 0. The zero-order valence-corrected chi connectivity index (χ0v) is 8.20. The Kier molecular flexibility index (Phi) is 2.73. The van der Waals surface area contributed by atoms with Gasteiger partial charge in [-0.2, -0.15) is 0 Å². The van der Waals surface area contributed by atoms with E-state index in [1.54, 1.807) is 6.07 Å². The molecule has 0 radical (unpaired) electrons. The molecule has 0 aliphatic rings. The van der Waals surface area contributed by atoms with E-state index in [1.165, 1.54) is 31.0 Å². The third-order valence-corrected chi connectivity index (χ3v) is 1.76. The molecule has 0 unspecified atom stereocenters.